The number of hydrogen-bond donors (Lipinski definition) is 0. The summed E-state index contributed by atoms with van der Waals surface area (Å²) >= 11 is 1.66. The molecule has 0 fully saturated rings. The van der Waals surface area contributed by atoms with Crippen LogP contribution in [0.1, 0.15) is 19.8 Å². The number of benzene rings is 1. The van der Waals surface area contributed by atoms with Gasteiger partial charge in [-0.05, 0) is 24.3 Å². The average molecular weight is 181 g/mol. The molecule has 0 saturated heterocycles. The zero-order chi connectivity index (χ0) is 8.81. The van der Waals surface area contributed by atoms with Crippen molar-refractivity contribution >= 4 is 11.8 Å². The second kappa shape index (κ2) is 5.09. The molecule has 0 aliphatic rings. The van der Waals surface area contributed by atoms with Gasteiger partial charge in [-0.25, -0.2) is 0 Å². The van der Waals surface area contributed by atoms with E-state index in [9.17, 15) is 5.11 Å². The second-order valence-electron chi connectivity index (χ2n) is 2.65. The molecule has 0 atom stereocenters. The van der Waals surface area contributed by atoms with E-state index in [-0.39, 0.29) is 5.75 Å². The van der Waals surface area contributed by atoms with Gasteiger partial charge in [-0.2, -0.15) is 0 Å². The van der Waals surface area contributed by atoms with Crippen LogP contribution < -0.4 is 0 Å². The highest BCUT2D eigenvalue weighted by molar-refractivity contribution is 7.99. The molecule has 0 aliphatic carbocycles. The summed E-state index contributed by atoms with van der Waals surface area (Å²) in [5.41, 5.74) is 0. The quantitative estimate of drug-likeness (QED) is 0.512. The summed E-state index contributed by atoms with van der Waals surface area (Å²) in [5, 5.41) is 11.2. The van der Waals surface area contributed by atoms with Gasteiger partial charge in [0.25, 0.3) is 0 Å². The summed E-state index contributed by atoms with van der Waals surface area (Å²) in [5.74, 6) is 1.20. The van der Waals surface area contributed by atoms with Gasteiger partial charge in [-0.3, -0.25) is 5.11 Å². The van der Waals surface area contributed by atoms with Gasteiger partial charge in [0.1, 0.15) is 0 Å². The molecule has 1 rings (SSSR count). The van der Waals surface area contributed by atoms with E-state index in [0.29, 0.717) is 0 Å². The summed E-state index contributed by atoms with van der Waals surface area (Å²) in [4.78, 5) is 0.881. The normalized spacial score (nSPS) is 10.1. The maximum Gasteiger partial charge on any atom is 0.192 e. The van der Waals surface area contributed by atoms with Gasteiger partial charge in [0, 0.05) is 0 Å². The third-order valence-electron chi connectivity index (χ3n) is 1.60. The Morgan fingerprint density at radius 1 is 1.33 bits per heavy atom. The number of hydrogen-bond acceptors (Lipinski definition) is 1. The van der Waals surface area contributed by atoms with Crippen LogP contribution in [0.15, 0.2) is 29.2 Å². The Labute approximate surface area is 77.8 Å². The fraction of sp³-hybridized carbons (Fsp3) is 0.400. The first kappa shape index (κ1) is 9.46. The third-order valence-corrected chi connectivity index (χ3v) is 2.75. The van der Waals surface area contributed by atoms with Crippen molar-refractivity contribution in [1.82, 2.24) is 0 Å². The molecule has 1 aromatic carbocycles. The van der Waals surface area contributed by atoms with Crippen LogP contribution in [0, 0.1) is 0 Å². The van der Waals surface area contributed by atoms with Crippen molar-refractivity contribution in [3.8, 4) is 5.75 Å². The fourth-order valence-electron chi connectivity index (χ4n) is 0.896. The lowest BCUT2D eigenvalue weighted by molar-refractivity contribution is 0.344. The molecular weight excluding hydrogens is 168 g/mol. The van der Waals surface area contributed by atoms with E-state index in [1.54, 1.807) is 23.9 Å². The zero-order valence-corrected chi connectivity index (χ0v) is 8.06. The number of rotatable bonds is 4. The predicted molar refractivity (Wildman–Crippen MR) is 52.2 cm³/mol. The topological polar surface area (TPSA) is 19.9 Å². The van der Waals surface area contributed by atoms with E-state index in [2.05, 4.69) is 6.92 Å². The summed E-state index contributed by atoms with van der Waals surface area (Å²) < 4.78 is 0. The van der Waals surface area contributed by atoms with Crippen LogP contribution in [0.25, 0.3) is 0 Å². The van der Waals surface area contributed by atoms with Crippen molar-refractivity contribution < 1.29 is 5.11 Å². The Kier molecular flexibility index (Phi) is 4.01. The van der Waals surface area contributed by atoms with E-state index in [1.807, 2.05) is 12.1 Å². The first-order valence-electron chi connectivity index (χ1n) is 4.23. The Hall–Kier alpha value is -0.630. The van der Waals surface area contributed by atoms with E-state index in [4.69, 9.17) is 0 Å². The molecule has 1 radical (unpaired) electrons. The number of unbranched alkanes of at least 4 members (excludes halogenated alkanes) is 1. The molecule has 0 heterocycles. The molecule has 1 aromatic rings. The molecule has 0 bridgehead atoms. The molecule has 2 heteroatoms. The summed E-state index contributed by atoms with van der Waals surface area (Å²) in [7, 11) is 0. The van der Waals surface area contributed by atoms with Crippen LogP contribution in [0.4, 0.5) is 0 Å². The predicted octanol–water partition coefficient (Wildman–Crippen LogP) is 3.72. The van der Waals surface area contributed by atoms with Crippen LogP contribution in [-0.4, -0.2) is 5.75 Å². The lowest BCUT2D eigenvalue weighted by atomic mass is 10.3. The largest absolute Gasteiger partial charge is 0.289 e. The van der Waals surface area contributed by atoms with Crippen LogP contribution in [0.3, 0.4) is 0 Å². The molecule has 0 amide bonds. The van der Waals surface area contributed by atoms with E-state index >= 15 is 0 Å². The maximum absolute atomic E-state index is 11.2. The van der Waals surface area contributed by atoms with Gasteiger partial charge < -0.3 is 0 Å². The van der Waals surface area contributed by atoms with Gasteiger partial charge in [0.2, 0.25) is 0 Å². The van der Waals surface area contributed by atoms with Gasteiger partial charge in [0.15, 0.2) is 5.75 Å². The summed E-state index contributed by atoms with van der Waals surface area (Å²) in [6.45, 7) is 2.16. The van der Waals surface area contributed by atoms with Gasteiger partial charge in [0.05, 0.1) is 4.90 Å². The van der Waals surface area contributed by atoms with Crippen molar-refractivity contribution in [3.63, 3.8) is 0 Å². The minimum Gasteiger partial charge on any atom is -0.289 e. The smallest absolute Gasteiger partial charge is 0.192 e. The molecule has 1 nitrogen and oxygen atoms in total. The van der Waals surface area contributed by atoms with Gasteiger partial charge in [-0.15, -0.1) is 11.8 Å². The number of thioether (sulfide) groups is 1. The molecule has 0 unspecified atom stereocenters. The highest BCUT2D eigenvalue weighted by Gasteiger charge is 2.00. The molecular formula is C10H13OS. The number of para-hydroxylation sites is 1. The van der Waals surface area contributed by atoms with Crippen LogP contribution in [0.5, 0.6) is 5.75 Å². The molecule has 0 aromatic heterocycles. The van der Waals surface area contributed by atoms with E-state index in [1.165, 1.54) is 12.8 Å². The van der Waals surface area contributed by atoms with Crippen LogP contribution in [-0.2, 0) is 5.11 Å². The van der Waals surface area contributed by atoms with Crippen molar-refractivity contribution in [1.29, 1.82) is 0 Å². The fourth-order valence-corrected chi connectivity index (χ4v) is 1.93. The second-order valence-corrected chi connectivity index (χ2v) is 3.79. The van der Waals surface area contributed by atoms with Crippen LogP contribution in [0.2, 0.25) is 0 Å². The molecule has 0 N–H and O–H groups in total. The zero-order valence-electron chi connectivity index (χ0n) is 7.25. The van der Waals surface area contributed by atoms with Crippen molar-refractivity contribution in [3.05, 3.63) is 24.3 Å². The first-order valence-corrected chi connectivity index (χ1v) is 5.22. The minimum atomic E-state index is 0.151. The summed E-state index contributed by atoms with van der Waals surface area (Å²) in [6, 6.07) is 7.21. The Morgan fingerprint density at radius 2 is 2.08 bits per heavy atom. The maximum atomic E-state index is 11.2. The van der Waals surface area contributed by atoms with Gasteiger partial charge >= 0.3 is 0 Å². The molecule has 0 saturated carbocycles. The summed E-state index contributed by atoms with van der Waals surface area (Å²) in [6.07, 6.45) is 2.37. The Balaban J connectivity index is 2.46. The third kappa shape index (κ3) is 2.78. The first-order chi connectivity index (χ1) is 5.84. The SMILES string of the molecule is CCCCSc1ccccc1[O]. The monoisotopic (exact) mass is 181 g/mol. The van der Waals surface area contributed by atoms with Crippen molar-refractivity contribution in [2.24, 2.45) is 0 Å². The average Bonchev–Trinajstić information content (AvgIpc) is 2.09. The molecule has 65 valence electrons. The highest BCUT2D eigenvalue weighted by Crippen LogP contribution is 2.28. The highest BCUT2D eigenvalue weighted by atomic mass is 32.2. The van der Waals surface area contributed by atoms with Crippen molar-refractivity contribution in [2.75, 3.05) is 5.75 Å². The Bertz CT molecular complexity index is 235. The van der Waals surface area contributed by atoms with E-state index in [0.717, 1.165) is 10.6 Å². The van der Waals surface area contributed by atoms with Crippen LogP contribution >= 0.6 is 11.8 Å². The molecule has 0 aliphatic heterocycles. The lowest BCUT2D eigenvalue weighted by Gasteiger charge is -1.99. The minimum absolute atomic E-state index is 0.151. The molecule has 12 heavy (non-hydrogen) atoms. The Morgan fingerprint density at radius 3 is 2.75 bits per heavy atom. The van der Waals surface area contributed by atoms with E-state index < -0.39 is 0 Å². The van der Waals surface area contributed by atoms with Crippen molar-refractivity contribution in [2.45, 2.75) is 24.7 Å². The van der Waals surface area contributed by atoms with Gasteiger partial charge in [-0.1, -0.05) is 25.5 Å². The molecule has 0 spiro atoms. The lowest BCUT2D eigenvalue weighted by Crippen LogP contribution is -1.78. The standard InChI is InChI=1S/C10H13OS/c1-2-3-8-12-10-7-5-4-6-9(10)11/h4-7H,2-3,8H2,1H3.